The van der Waals surface area contributed by atoms with Gasteiger partial charge in [0, 0.05) is 4.88 Å². The minimum atomic E-state index is -4.21. The molecule has 0 saturated heterocycles. The van der Waals surface area contributed by atoms with E-state index in [0.29, 0.717) is 0 Å². The van der Waals surface area contributed by atoms with Crippen LogP contribution in [-0.4, -0.2) is 0 Å². The molecule has 1 heterocycles. The third kappa shape index (κ3) is 2.29. The summed E-state index contributed by atoms with van der Waals surface area (Å²) in [5.41, 5.74) is 0.521. The normalized spacial score (nSPS) is 13.4. The molecule has 1 aromatic rings. The molecule has 1 rings (SSSR count). The third-order valence-electron chi connectivity index (χ3n) is 1.88. The van der Waals surface area contributed by atoms with Crippen molar-refractivity contribution in [3.63, 3.8) is 0 Å². The van der Waals surface area contributed by atoms with Crippen LogP contribution in [0.2, 0.25) is 0 Å². The summed E-state index contributed by atoms with van der Waals surface area (Å²) in [6.45, 7) is 7.50. The van der Waals surface area contributed by atoms with Crippen LogP contribution in [0.3, 0.4) is 0 Å². The van der Waals surface area contributed by atoms with Gasteiger partial charge in [-0.05, 0) is 24.0 Å². The van der Waals surface area contributed by atoms with Gasteiger partial charge in [-0.15, -0.1) is 11.3 Å². The maximum atomic E-state index is 12.4. The van der Waals surface area contributed by atoms with Crippen LogP contribution in [0.15, 0.2) is 6.07 Å². The van der Waals surface area contributed by atoms with Gasteiger partial charge in [-0.25, -0.2) is 0 Å². The summed E-state index contributed by atoms with van der Waals surface area (Å²) in [6, 6.07) is 1.23. The van der Waals surface area contributed by atoms with E-state index in [0.717, 1.165) is 21.8 Å². The SMILES string of the molecule is Cc1cc(C(F)(F)F)sc1C(C)(C)C. The first-order valence-corrected chi connectivity index (χ1v) is 5.12. The van der Waals surface area contributed by atoms with E-state index < -0.39 is 11.1 Å². The van der Waals surface area contributed by atoms with Gasteiger partial charge in [-0.1, -0.05) is 20.8 Å². The van der Waals surface area contributed by atoms with E-state index in [9.17, 15) is 13.2 Å². The Morgan fingerprint density at radius 1 is 1.14 bits per heavy atom. The summed E-state index contributed by atoms with van der Waals surface area (Å²) in [5.74, 6) is 0. The standard InChI is InChI=1S/C10H13F3S/c1-6-5-7(10(11,12)13)14-8(6)9(2,3)4/h5H,1-4H3. The molecular formula is C10H13F3S. The smallest absolute Gasteiger partial charge is 0.165 e. The van der Waals surface area contributed by atoms with Crippen molar-refractivity contribution in [3.8, 4) is 0 Å². The average Bonchev–Trinajstić information content (AvgIpc) is 2.27. The maximum Gasteiger partial charge on any atom is 0.425 e. The van der Waals surface area contributed by atoms with Crippen LogP contribution in [-0.2, 0) is 11.6 Å². The second kappa shape index (κ2) is 3.26. The van der Waals surface area contributed by atoms with E-state index in [4.69, 9.17) is 0 Å². The highest BCUT2D eigenvalue weighted by molar-refractivity contribution is 7.12. The van der Waals surface area contributed by atoms with Crippen LogP contribution >= 0.6 is 11.3 Å². The highest BCUT2D eigenvalue weighted by Gasteiger charge is 2.34. The molecular weight excluding hydrogens is 209 g/mol. The molecule has 0 fully saturated rings. The topological polar surface area (TPSA) is 0 Å². The molecule has 0 saturated carbocycles. The minimum Gasteiger partial charge on any atom is -0.165 e. The molecule has 0 nitrogen and oxygen atoms in total. The molecule has 0 aliphatic rings. The second-order valence-electron chi connectivity index (χ2n) is 4.37. The van der Waals surface area contributed by atoms with Gasteiger partial charge in [0.05, 0.1) is 0 Å². The summed E-state index contributed by atoms with van der Waals surface area (Å²) >= 11 is 0.848. The highest BCUT2D eigenvalue weighted by Crippen LogP contribution is 2.40. The first kappa shape index (κ1) is 11.6. The molecule has 1 aromatic heterocycles. The zero-order valence-corrected chi connectivity index (χ0v) is 9.44. The molecule has 0 N–H and O–H groups in total. The van der Waals surface area contributed by atoms with Crippen LogP contribution in [0.1, 0.15) is 36.1 Å². The Balaban J connectivity index is 3.19. The summed E-state index contributed by atoms with van der Waals surface area (Å²) in [6.07, 6.45) is -4.21. The van der Waals surface area contributed by atoms with Gasteiger partial charge in [-0.2, -0.15) is 13.2 Å². The number of hydrogen-bond donors (Lipinski definition) is 0. The molecule has 0 spiro atoms. The van der Waals surface area contributed by atoms with Crippen molar-refractivity contribution in [1.29, 1.82) is 0 Å². The summed E-state index contributed by atoms with van der Waals surface area (Å²) in [5, 5.41) is 0. The molecule has 0 radical (unpaired) electrons. The lowest BCUT2D eigenvalue weighted by Gasteiger charge is -2.17. The molecule has 0 bridgehead atoms. The predicted molar refractivity (Wildman–Crippen MR) is 52.8 cm³/mol. The van der Waals surface area contributed by atoms with Crippen molar-refractivity contribution in [3.05, 3.63) is 21.4 Å². The fourth-order valence-electron chi connectivity index (χ4n) is 1.37. The summed E-state index contributed by atoms with van der Waals surface area (Å²) < 4.78 is 37.1. The quantitative estimate of drug-likeness (QED) is 0.611. The molecule has 0 aliphatic carbocycles. The number of halogens is 3. The van der Waals surface area contributed by atoms with Crippen LogP contribution in [0.4, 0.5) is 13.2 Å². The van der Waals surface area contributed by atoms with Crippen LogP contribution in [0.5, 0.6) is 0 Å². The molecule has 14 heavy (non-hydrogen) atoms. The number of thiophene rings is 1. The van der Waals surface area contributed by atoms with E-state index >= 15 is 0 Å². The van der Waals surface area contributed by atoms with Gasteiger partial charge in [0.25, 0.3) is 0 Å². The van der Waals surface area contributed by atoms with Crippen molar-refractivity contribution in [2.45, 2.75) is 39.3 Å². The van der Waals surface area contributed by atoms with Crippen molar-refractivity contribution in [2.24, 2.45) is 0 Å². The zero-order valence-electron chi connectivity index (χ0n) is 8.62. The van der Waals surface area contributed by atoms with Gasteiger partial charge in [0.15, 0.2) is 0 Å². The Hall–Kier alpha value is -0.510. The van der Waals surface area contributed by atoms with Crippen LogP contribution in [0.25, 0.3) is 0 Å². The Kier molecular flexibility index (Phi) is 2.69. The number of aryl methyl sites for hydroxylation is 1. The first-order chi connectivity index (χ1) is 6.12. The molecule has 0 unspecified atom stereocenters. The van der Waals surface area contributed by atoms with Crippen molar-refractivity contribution in [1.82, 2.24) is 0 Å². The molecule has 0 amide bonds. The predicted octanol–water partition coefficient (Wildman–Crippen LogP) is 4.37. The number of hydrogen-bond acceptors (Lipinski definition) is 1. The van der Waals surface area contributed by atoms with Crippen molar-refractivity contribution < 1.29 is 13.2 Å². The van der Waals surface area contributed by atoms with E-state index in [1.807, 2.05) is 20.8 Å². The minimum absolute atomic E-state index is 0.210. The van der Waals surface area contributed by atoms with E-state index in [1.165, 1.54) is 6.07 Å². The molecule has 0 atom stereocenters. The van der Waals surface area contributed by atoms with E-state index in [-0.39, 0.29) is 5.41 Å². The summed E-state index contributed by atoms with van der Waals surface area (Å²) in [7, 11) is 0. The second-order valence-corrected chi connectivity index (χ2v) is 5.42. The van der Waals surface area contributed by atoms with Gasteiger partial charge < -0.3 is 0 Å². The molecule has 0 aliphatic heterocycles. The van der Waals surface area contributed by atoms with Crippen molar-refractivity contribution >= 4 is 11.3 Å². The Bertz CT molecular complexity index is 328. The Morgan fingerprint density at radius 3 is 1.86 bits per heavy atom. The fraction of sp³-hybridized carbons (Fsp3) is 0.600. The van der Waals surface area contributed by atoms with E-state index in [1.54, 1.807) is 6.92 Å². The number of rotatable bonds is 0. The number of alkyl halides is 3. The first-order valence-electron chi connectivity index (χ1n) is 4.30. The van der Waals surface area contributed by atoms with Crippen LogP contribution in [0, 0.1) is 6.92 Å². The monoisotopic (exact) mass is 222 g/mol. The lowest BCUT2D eigenvalue weighted by Crippen LogP contribution is -2.09. The molecule has 0 aromatic carbocycles. The van der Waals surface area contributed by atoms with Crippen molar-refractivity contribution in [2.75, 3.05) is 0 Å². The Labute approximate surface area is 85.8 Å². The highest BCUT2D eigenvalue weighted by atomic mass is 32.1. The Morgan fingerprint density at radius 2 is 1.64 bits per heavy atom. The third-order valence-corrected chi connectivity index (χ3v) is 3.59. The molecule has 80 valence electrons. The van der Waals surface area contributed by atoms with Gasteiger partial charge in [0.1, 0.15) is 4.88 Å². The maximum absolute atomic E-state index is 12.4. The zero-order chi connectivity index (χ0) is 11.1. The molecule has 4 heteroatoms. The van der Waals surface area contributed by atoms with Gasteiger partial charge in [-0.3, -0.25) is 0 Å². The van der Waals surface area contributed by atoms with Gasteiger partial charge in [0.2, 0.25) is 0 Å². The lowest BCUT2D eigenvalue weighted by atomic mass is 9.92. The lowest BCUT2D eigenvalue weighted by molar-refractivity contribution is -0.134. The summed E-state index contributed by atoms with van der Waals surface area (Å²) in [4.78, 5) is 0.310. The van der Waals surface area contributed by atoms with Crippen LogP contribution < -0.4 is 0 Å². The van der Waals surface area contributed by atoms with E-state index in [2.05, 4.69) is 0 Å². The average molecular weight is 222 g/mol. The largest absolute Gasteiger partial charge is 0.425 e. The fourth-order valence-corrected chi connectivity index (χ4v) is 2.46. The van der Waals surface area contributed by atoms with Gasteiger partial charge >= 0.3 is 6.18 Å².